The number of anilines is 1. The lowest BCUT2D eigenvalue weighted by atomic mass is 9.98. The van der Waals surface area contributed by atoms with Crippen LogP contribution in [0, 0.1) is 11.6 Å². The number of carboxylic acids is 2. The number of para-hydroxylation sites is 1. The monoisotopic (exact) mass is 470 g/mol. The molecule has 0 aliphatic heterocycles. The van der Waals surface area contributed by atoms with Gasteiger partial charge in [0.05, 0.1) is 12.6 Å². The third-order valence-corrected chi connectivity index (χ3v) is 4.73. The van der Waals surface area contributed by atoms with Crippen LogP contribution in [0.1, 0.15) is 29.7 Å². The van der Waals surface area contributed by atoms with Crippen molar-refractivity contribution < 1.29 is 33.4 Å². The third kappa shape index (κ3) is 8.10. The number of carbonyl (C=O) groups excluding carboxylic acids is 1. The van der Waals surface area contributed by atoms with Gasteiger partial charge >= 0.3 is 11.9 Å². The fourth-order valence-electron chi connectivity index (χ4n) is 3.08. The number of rotatable bonds is 7. The molecule has 4 N–H and O–H groups in total. The van der Waals surface area contributed by atoms with Gasteiger partial charge in [-0.25, -0.2) is 18.4 Å². The van der Waals surface area contributed by atoms with Gasteiger partial charge < -0.3 is 15.5 Å². The van der Waals surface area contributed by atoms with Crippen LogP contribution in [0.25, 0.3) is 0 Å². The van der Waals surface area contributed by atoms with Crippen molar-refractivity contribution in [2.45, 2.75) is 19.4 Å². The summed E-state index contributed by atoms with van der Waals surface area (Å²) in [6.07, 6.45) is 0.817. The highest BCUT2D eigenvalue weighted by Gasteiger charge is 2.16. The van der Waals surface area contributed by atoms with Crippen molar-refractivity contribution in [3.8, 4) is 0 Å². The van der Waals surface area contributed by atoms with Crippen LogP contribution in [0.2, 0.25) is 0 Å². The molecule has 0 spiro atoms. The van der Waals surface area contributed by atoms with Gasteiger partial charge in [-0.3, -0.25) is 10.1 Å². The van der Waals surface area contributed by atoms with Crippen molar-refractivity contribution >= 4 is 23.5 Å². The molecule has 0 bridgehead atoms. The zero-order chi connectivity index (χ0) is 25.1. The molecule has 1 amide bonds. The highest BCUT2D eigenvalue weighted by Crippen LogP contribution is 2.23. The van der Waals surface area contributed by atoms with Crippen molar-refractivity contribution in [1.29, 1.82) is 0 Å². The summed E-state index contributed by atoms with van der Waals surface area (Å²) in [4.78, 5) is 30.7. The normalized spacial score (nSPS) is 10.2. The maximum absolute atomic E-state index is 13.3. The molecule has 178 valence electrons. The van der Waals surface area contributed by atoms with E-state index in [9.17, 15) is 13.6 Å². The molecule has 0 aromatic heterocycles. The van der Waals surface area contributed by atoms with Gasteiger partial charge in [0.25, 0.3) is 0 Å². The van der Waals surface area contributed by atoms with Gasteiger partial charge in [0.1, 0.15) is 11.6 Å². The minimum absolute atomic E-state index is 0.0530. The first-order valence-corrected chi connectivity index (χ1v) is 10.3. The van der Waals surface area contributed by atoms with E-state index in [0.29, 0.717) is 0 Å². The Hall–Kier alpha value is -4.11. The summed E-state index contributed by atoms with van der Waals surface area (Å²) in [5.74, 6) is -4.51. The summed E-state index contributed by atoms with van der Waals surface area (Å²) in [6.45, 7) is 2.08. The molecule has 0 aliphatic rings. The minimum Gasteiger partial charge on any atom is -0.473 e. The van der Waals surface area contributed by atoms with E-state index in [-0.39, 0.29) is 30.1 Å². The minimum atomic E-state index is -1.82. The first kappa shape index (κ1) is 26.1. The molecule has 0 saturated carbocycles. The van der Waals surface area contributed by atoms with Gasteiger partial charge in [0, 0.05) is 5.69 Å². The summed E-state index contributed by atoms with van der Waals surface area (Å²) >= 11 is 0. The standard InChI is InChI=1S/C23H22F2N2O.C2H2O4/c1-2-16-5-3-4-6-21(16)27-22(28)15-26-23(17-7-11-19(24)12-8-17)18-9-13-20(25)14-10-18;3-1(4)2(5)6/h3-14,23,26H,2,15H2,1H3,(H,27,28);(H,3,4)(H,5,6). The second-order valence-corrected chi connectivity index (χ2v) is 7.09. The van der Waals surface area contributed by atoms with Crippen LogP contribution < -0.4 is 10.6 Å². The second-order valence-electron chi connectivity index (χ2n) is 7.09. The van der Waals surface area contributed by atoms with Gasteiger partial charge in [-0.15, -0.1) is 0 Å². The fourth-order valence-corrected chi connectivity index (χ4v) is 3.08. The molecule has 3 aromatic rings. The lowest BCUT2D eigenvalue weighted by molar-refractivity contribution is -0.159. The van der Waals surface area contributed by atoms with Crippen molar-refractivity contribution in [2.24, 2.45) is 0 Å². The molecule has 3 aromatic carbocycles. The highest BCUT2D eigenvalue weighted by molar-refractivity contribution is 6.27. The van der Waals surface area contributed by atoms with Crippen molar-refractivity contribution in [2.75, 3.05) is 11.9 Å². The molecule has 9 heteroatoms. The molecule has 0 fully saturated rings. The maximum atomic E-state index is 13.3. The number of halogens is 2. The van der Waals surface area contributed by atoms with E-state index < -0.39 is 11.9 Å². The van der Waals surface area contributed by atoms with E-state index in [1.165, 1.54) is 24.3 Å². The molecule has 0 heterocycles. The van der Waals surface area contributed by atoms with E-state index in [1.807, 2.05) is 31.2 Å². The molecule has 7 nitrogen and oxygen atoms in total. The van der Waals surface area contributed by atoms with Crippen molar-refractivity contribution in [1.82, 2.24) is 5.32 Å². The molecular formula is C25H24F2N2O5. The average molecular weight is 470 g/mol. The smallest absolute Gasteiger partial charge is 0.414 e. The van der Waals surface area contributed by atoms with Gasteiger partial charge in [0.15, 0.2) is 0 Å². The molecule has 0 aliphatic carbocycles. The molecule has 0 atom stereocenters. The van der Waals surface area contributed by atoms with Gasteiger partial charge in [-0.1, -0.05) is 49.4 Å². The molecule has 0 radical (unpaired) electrons. The SMILES string of the molecule is CCc1ccccc1NC(=O)CNC(c1ccc(F)cc1)c1ccc(F)cc1.O=C(O)C(=O)O. The molecule has 0 unspecified atom stereocenters. The first-order chi connectivity index (χ1) is 16.2. The highest BCUT2D eigenvalue weighted by atomic mass is 19.1. The first-order valence-electron chi connectivity index (χ1n) is 10.3. The summed E-state index contributed by atoms with van der Waals surface area (Å²) < 4.78 is 26.6. The Balaban J connectivity index is 0.000000604. The number of benzene rings is 3. The molecule has 3 rings (SSSR count). The summed E-state index contributed by atoms with van der Waals surface area (Å²) in [5.41, 5.74) is 3.42. The van der Waals surface area contributed by atoms with Crippen LogP contribution in [0.15, 0.2) is 72.8 Å². The zero-order valence-electron chi connectivity index (χ0n) is 18.3. The Kier molecular flexibility index (Phi) is 9.85. The van der Waals surface area contributed by atoms with E-state index in [0.717, 1.165) is 28.8 Å². The zero-order valence-corrected chi connectivity index (χ0v) is 18.3. The van der Waals surface area contributed by atoms with E-state index >= 15 is 0 Å². The Morgan fingerprint density at radius 3 is 1.71 bits per heavy atom. The van der Waals surface area contributed by atoms with Gasteiger partial charge in [0.2, 0.25) is 5.91 Å². The number of aliphatic carboxylic acids is 2. The summed E-state index contributed by atoms with van der Waals surface area (Å²) in [6, 6.07) is 19.4. The molecule has 34 heavy (non-hydrogen) atoms. The Bertz CT molecular complexity index is 1060. The van der Waals surface area contributed by atoms with Crippen molar-refractivity contribution in [3.63, 3.8) is 0 Å². The predicted octanol–water partition coefficient (Wildman–Crippen LogP) is 4.00. The van der Waals surface area contributed by atoms with Crippen LogP contribution in [-0.2, 0) is 20.8 Å². The number of carbonyl (C=O) groups is 3. The van der Waals surface area contributed by atoms with Crippen LogP contribution in [0.5, 0.6) is 0 Å². The average Bonchev–Trinajstić information content (AvgIpc) is 2.82. The maximum Gasteiger partial charge on any atom is 0.414 e. The number of hydrogen-bond acceptors (Lipinski definition) is 4. The van der Waals surface area contributed by atoms with Gasteiger partial charge in [-0.2, -0.15) is 0 Å². The van der Waals surface area contributed by atoms with E-state index in [4.69, 9.17) is 19.8 Å². The Morgan fingerprint density at radius 1 is 0.794 bits per heavy atom. The number of aryl methyl sites for hydroxylation is 1. The number of nitrogens with one attached hydrogen (secondary N) is 2. The number of amides is 1. The topological polar surface area (TPSA) is 116 Å². The quantitative estimate of drug-likeness (QED) is 0.388. The van der Waals surface area contributed by atoms with Gasteiger partial charge in [-0.05, 0) is 53.4 Å². The molecule has 0 saturated heterocycles. The Morgan fingerprint density at radius 2 is 1.26 bits per heavy atom. The number of carboxylic acid groups (broad SMARTS) is 2. The van der Waals surface area contributed by atoms with Crippen LogP contribution >= 0.6 is 0 Å². The third-order valence-electron chi connectivity index (χ3n) is 4.73. The number of hydrogen-bond donors (Lipinski definition) is 4. The summed E-state index contributed by atoms with van der Waals surface area (Å²) in [5, 5.41) is 20.9. The lowest BCUT2D eigenvalue weighted by Crippen LogP contribution is -2.32. The largest absolute Gasteiger partial charge is 0.473 e. The van der Waals surface area contributed by atoms with E-state index in [2.05, 4.69) is 10.6 Å². The lowest BCUT2D eigenvalue weighted by Gasteiger charge is -2.20. The molecular weight excluding hydrogens is 446 g/mol. The van der Waals surface area contributed by atoms with Crippen LogP contribution in [-0.4, -0.2) is 34.6 Å². The summed E-state index contributed by atoms with van der Waals surface area (Å²) in [7, 11) is 0. The van der Waals surface area contributed by atoms with E-state index in [1.54, 1.807) is 24.3 Å². The fraction of sp³-hybridized carbons (Fsp3) is 0.160. The van der Waals surface area contributed by atoms with Crippen LogP contribution in [0.3, 0.4) is 0 Å². The Labute approximate surface area is 195 Å². The van der Waals surface area contributed by atoms with Crippen LogP contribution in [0.4, 0.5) is 14.5 Å². The van der Waals surface area contributed by atoms with Crippen molar-refractivity contribution in [3.05, 3.63) is 101 Å². The predicted molar refractivity (Wildman–Crippen MR) is 122 cm³/mol. The second kappa shape index (κ2) is 12.8.